The molecule has 0 atom stereocenters. The van der Waals surface area contributed by atoms with Crippen LogP contribution < -0.4 is 0 Å². The third-order valence-corrected chi connectivity index (χ3v) is 1.82. The number of hydrogen-bond donors (Lipinski definition) is 1. The summed E-state index contributed by atoms with van der Waals surface area (Å²) in [5.41, 5.74) is 0. The van der Waals surface area contributed by atoms with Crippen LogP contribution in [-0.4, -0.2) is 48.5 Å². The third-order valence-electron chi connectivity index (χ3n) is 1.82. The van der Waals surface area contributed by atoms with Gasteiger partial charge in [-0.15, -0.1) is 0 Å². The second-order valence-corrected chi connectivity index (χ2v) is 3.68. The third kappa shape index (κ3) is 17.3. The molecule has 0 bridgehead atoms. The van der Waals surface area contributed by atoms with E-state index >= 15 is 0 Å². The lowest BCUT2D eigenvalue weighted by Gasteiger charge is -2.28. The summed E-state index contributed by atoms with van der Waals surface area (Å²) in [5.74, 6) is 0. The summed E-state index contributed by atoms with van der Waals surface area (Å²) in [5, 5.41) is 23.4. The van der Waals surface area contributed by atoms with Crippen LogP contribution >= 0.6 is 0 Å². The van der Waals surface area contributed by atoms with Gasteiger partial charge >= 0.3 is 0 Å². The van der Waals surface area contributed by atoms with E-state index < -0.39 is 5.09 Å². The monoisotopic (exact) mass is 208 g/mol. The van der Waals surface area contributed by atoms with Crippen LogP contribution in [0.4, 0.5) is 0 Å². The van der Waals surface area contributed by atoms with Crippen LogP contribution in [0.15, 0.2) is 0 Å². The largest absolute Gasteiger partial charge is 0.391 e. The molecule has 0 aliphatic carbocycles. The van der Waals surface area contributed by atoms with Gasteiger partial charge in [-0.25, -0.2) is 0 Å². The Morgan fingerprint density at radius 1 is 1.29 bits per heavy atom. The molecular formula is C8H20N2O4. The molecule has 6 nitrogen and oxygen atoms in total. The predicted octanol–water partition coefficient (Wildman–Crippen LogP) is 0.616. The van der Waals surface area contributed by atoms with Crippen molar-refractivity contribution in [2.24, 2.45) is 0 Å². The molecule has 0 aliphatic heterocycles. The molecule has 0 spiro atoms. The zero-order chi connectivity index (χ0) is 11.6. The summed E-state index contributed by atoms with van der Waals surface area (Å²) in [6.45, 7) is 4.55. The molecule has 0 saturated heterocycles. The van der Waals surface area contributed by atoms with E-state index in [0.717, 1.165) is 11.0 Å². The SMILES string of the molecule is CCCC[N+](C)(C)CCO.O=[N+]([O-])[O-]. The van der Waals surface area contributed by atoms with E-state index in [2.05, 4.69) is 21.0 Å². The molecule has 0 radical (unpaired) electrons. The van der Waals surface area contributed by atoms with E-state index in [-0.39, 0.29) is 0 Å². The van der Waals surface area contributed by atoms with Crippen molar-refractivity contribution in [2.45, 2.75) is 19.8 Å². The fourth-order valence-corrected chi connectivity index (χ4v) is 0.969. The maximum Gasteiger partial charge on any atom is 0.102 e. The first kappa shape index (κ1) is 15.6. The van der Waals surface area contributed by atoms with Crippen molar-refractivity contribution in [1.29, 1.82) is 0 Å². The highest BCUT2D eigenvalue weighted by atomic mass is 16.9. The second-order valence-electron chi connectivity index (χ2n) is 3.68. The highest BCUT2D eigenvalue weighted by molar-refractivity contribution is 4.34. The average molecular weight is 208 g/mol. The number of nitrogens with zero attached hydrogens (tertiary/aromatic N) is 2. The second kappa shape index (κ2) is 8.71. The highest BCUT2D eigenvalue weighted by Crippen LogP contribution is 1.99. The minimum atomic E-state index is -1.75. The summed E-state index contributed by atoms with van der Waals surface area (Å²) < 4.78 is 0.949. The van der Waals surface area contributed by atoms with Crippen LogP contribution in [0, 0.1) is 15.3 Å². The average Bonchev–Trinajstić information content (AvgIpc) is 2.00. The smallest absolute Gasteiger partial charge is 0.102 e. The molecule has 0 rings (SSSR count). The first-order chi connectivity index (χ1) is 6.35. The Bertz CT molecular complexity index is 146. The van der Waals surface area contributed by atoms with Gasteiger partial charge in [-0.05, 0) is 6.42 Å². The lowest BCUT2D eigenvalue weighted by atomic mass is 10.3. The molecule has 0 heterocycles. The molecule has 0 aromatic heterocycles. The normalized spacial score (nSPS) is 10.3. The van der Waals surface area contributed by atoms with Crippen LogP contribution in [0.5, 0.6) is 0 Å². The van der Waals surface area contributed by atoms with E-state index in [9.17, 15) is 0 Å². The summed E-state index contributed by atoms with van der Waals surface area (Å²) in [4.78, 5) is 8.25. The lowest BCUT2D eigenvalue weighted by Crippen LogP contribution is -2.42. The van der Waals surface area contributed by atoms with Gasteiger partial charge in [0.15, 0.2) is 0 Å². The number of hydrogen-bond acceptors (Lipinski definition) is 4. The van der Waals surface area contributed by atoms with Gasteiger partial charge in [0.25, 0.3) is 0 Å². The van der Waals surface area contributed by atoms with E-state index in [4.69, 9.17) is 20.4 Å². The maximum absolute atomic E-state index is 8.69. The molecule has 6 heteroatoms. The summed E-state index contributed by atoms with van der Waals surface area (Å²) in [6.07, 6.45) is 2.50. The summed E-state index contributed by atoms with van der Waals surface area (Å²) in [7, 11) is 4.32. The van der Waals surface area contributed by atoms with Crippen molar-refractivity contribution < 1.29 is 14.7 Å². The molecule has 1 N–H and O–H groups in total. The highest BCUT2D eigenvalue weighted by Gasteiger charge is 2.11. The fourth-order valence-electron chi connectivity index (χ4n) is 0.969. The quantitative estimate of drug-likeness (QED) is 0.407. The lowest BCUT2D eigenvalue weighted by molar-refractivity contribution is -0.890. The molecule has 0 amide bonds. The number of quaternary nitrogens is 1. The molecule has 14 heavy (non-hydrogen) atoms. The Labute approximate surface area is 84.5 Å². The van der Waals surface area contributed by atoms with Gasteiger partial charge in [-0.3, -0.25) is 0 Å². The van der Waals surface area contributed by atoms with Crippen molar-refractivity contribution in [3.8, 4) is 0 Å². The molecule has 0 aromatic carbocycles. The number of unbranched alkanes of at least 4 members (excludes halogenated alkanes) is 1. The Kier molecular flexibility index (Phi) is 9.69. The summed E-state index contributed by atoms with van der Waals surface area (Å²) >= 11 is 0. The fraction of sp³-hybridized carbons (Fsp3) is 1.00. The van der Waals surface area contributed by atoms with Crippen LogP contribution in [0.3, 0.4) is 0 Å². The van der Waals surface area contributed by atoms with E-state index in [0.29, 0.717) is 6.61 Å². The van der Waals surface area contributed by atoms with E-state index in [1.54, 1.807) is 0 Å². The molecule has 0 aliphatic rings. The van der Waals surface area contributed by atoms with E-state index in [1.165, 1.54) is 19.4 Å². The number of aliphatic hydroxyl groups is 1. The first-order valence-electron chi connectivity index (χ1n) is 4.60. The topological polar surface area (TPSA) is 86.4 Å². The van der Waals surface area contributed by atoms with Gasteiger partial charge in [0.2, 0.25) is 0 Å². The van der Waals surface area contributed by atoms with Crippen molar-refractivity contribution >= 4 is 0 Å². The van der Waals surface area contributed by atoms with Crippen LogP contribution in [0.25, 0.3) is 0 Å². The van der Waals surface area contributed by atoms with Crippen molar-refractivity contribution in [3.63, 3.8) is 0 Å². The van der Waals surface area contributed by atoms with Gasteiger partial charge in [-0.2, -0.15) is 0 Å². The minimum absolute atomic E-state index is 0.302. The van der Waals surface area contributed by atoms with Crippen LogP contribution in [0.2, 0.25) is 0 Å². The van der Waals surface area contributed by atoms with E-state index in [1.807, 2.05) is 0 Å². The van der Waals surface area contributed by atoms with Gasteiger partial charge in [-0.1, -0.05) is 13.3 Å². The standard InChI is InChI=1S/C8H20NO.NO3/c1-4-5-6-9(2,3)7-8-10;2-1(3)4/h10H,4-8H2,1-3H3;/q+1;-1. The van der Waals surface area contributed by atoms with Crippen molar-refractivity contribution in [3.05, 3.63) is 15.3 Å². The zero-order valence-electron chi connectivity index (χ0n) is 9.10. The molecule has 0 aromatic rings. The number of likely N-dealkylation sites (N-methyl/N-ethyl adjacent to an activating group) is 1. The first-order valence-corrected chi connectivity index (χ1v) is 4.60. The molecular weight excluding hydrogens is 188 g/mol. The summed E-state index contributed by atoms with van der Waals surface area (Å²) in [6, 6.07) is 0. The van der Waals surface area contributed by atoms with Gasteiger partial charge < -0.3 is 24.9 Å². The Morgan fingerprint density at radius 2 is 1.71 bits per heavy atom. The van der Waals surface area contributed by atoms with Gasteiger partial charge in [0.1, 0.15) is 6.54 Å². The molecule has 0 fully saturated rings. The Balaban J connectivity index is 0. The Hall–Kier alpha value is -0.880. The van der Waals surface area contributed by atoms with Crippen LogP contribution in [-0.2, 0) is 0 Å². The van der Waals surface area contributed by atoms with Crippen LogP contribution in [0.1, 0.15) is 19.8 Å². The van der Waals surface area contributed by atoms with Gasteiger partial charge in [0, 0.05) is 0 Å². The minimum Gasteiger partial charge on any atom is -0.391 e. The molecule has 86 valence electrons. The van der Waals surface area contributed by atoms with Crippen molar-refractivity contribution in [1.82, 2.24) is 0 Å². The zero-order valence-corrected chi connectivity index (χ0v) is 9.10. The molecule has 0 saturated carbocycles. The maximum atomic E-state index is 8.69. The molecule has 0 unspecified atom stereocenters. The van der Waals surface area contributed by atoms with Crippen molar-refractivity contribution in [2.75, 3.05) is 33.8 Å². The number of rotatable bonds is 5. The Morgan fingerprint density at radius 3 is 2.00 bits per heavy atom. The van der Waals surface area contributed by atoms with Gasteiger partial charge in [0.05, 0.1) is 32.3 Å². The predicted molar refractivity (Wildman–Crippen MR) is 54.2 cm³/mol. The number of aliphatic hydroxyl groups excluding tert-OH is 1.